The van der Waals surface area contributed by atoms with Crippen LogP contribution in [0, 0.1) is 0 Å². The van der Waals surface area contributed by atoms with Gasteiger partial charge in [-0.05, 0) is 19.8 Å². The number of unbranched alkanes of at least 4 members (excludes halogenated alkanes) is 4. The summed E-state index contributed by atoms with van der Waals surface area (Å²) in [6, 6.07) is 0. The standard InChI is InChI=1S/C14H28O3/c1-5-7-9-11-16-14(4,13(3)15)17-12-10-8-6-2/h5-12H2,1-4H3. The Morgan fingerprint density at radius 1 is 0.941 bits per heavy atom. The van der Waals surface area contributed by atoms with E-state index in [-0.39, 0.29) is 5.78 Å². The van der Waals surface area contributed by atoms with Crippen molar-refractivity contribution in [3.8, 4) is 0 Å². The Labute approximate surface area is 106 Å². The Morgan fingerprint density at radius 2 is 1.35 bits per heavy atom. The van der Waals surface area contributed by atoms with Crippen LogP contribution in [0.2, 0.25) is 0 Å². The van der Waals surface area contributed by atoms with Gasteiger partial charge in [0.05, 0.1) is 13.2 Å². The quantitative estimate of drug-likeness (QED) is 0.410. The van der Waals surface area contributed by atoms with E-state index in [0.29, 0.717) is 13.2 Å². The van der Waals surface area contributed by atoms with Crippen molar-refractivity contribution < 1.29 is 14.3 Å². The SMILES string of the molecule is CCCCCOC(C)(OCCCCC)C(C)=O. The summed E-state index contributed by atoms with van der Waals surface area (Å²) in [7, 11) is 0. The molecule has 0 aliphatic heterocycles. The summed E-state index contributed by atoms with van der Waals surface area (Å²) in [5, 5.41) is 0. The first-order valence-electron chi connectivity index (χ1n) is 6.85. The van der Waals surface area contributed by atoms with Gasteiger partial charge in [0.15, 0.2) is 5.78 Å². The summed E-state index contributed by atoms with van der Waals surface area (Å²) < 4.78 is 11.2. The molecule has 0 atom stereocenters. The van der Waals surface area contributed by atoms with Gasteiger partial charge in [-0.25, -0.2) is 0 Å². The summed E-state index contributed by atoms with van der Waals surface area (Å²) >= 11 is 0. The predicted octanol–water partition coefficient (Wildman–Crippen LogP) is 3.71. The fourth-order valence-corrected chi connectivity index (χ4v) is 1.48. The first kappa shape index (κ1) is 16.6. The van der Waals surface area contributed by atoms with Gasteiger partial charge in [0.25, 0.3) is 0 Å². The predicted molar refractivity (Wildman–Crippen MR) is 70.0 cm³/mol. The Hall–Kier alpha value is -0.410. The van der Waals surface area contributed by atoms with E-state index in [1.807, 2.05) is 0 Å². The topological polar surface area (TPSA) is 35.5 Å². The average molecular weight is 244 g/mol. The Kier molecular flexibility index (Phi) is 9.37. The van der Waals surface area contributed by atoms with Crippen LogP contribution >= 0.6 is 0 Å². The van der Waals surface area contributed by atoms with Crippen molar-refractivity contribution in [2.24, 2.45) is 0 Å². The van der Waals surface area contributed by atoms with Crippen LogP contribution in [0.25, 0.3) is 0 Å². The molecule has 0 bridgehead atoms. The van der Waals surface area contributed by atoms with E-state index in [2.05, 4.69) is 13.8 Å². The summed E-state index contributed by atoms with van der Waals surface area (Å²) in [6.07, 6.45) is 6.53. The Bertz CT molecular complexity index is 190. The Balaban J connectivity index is 3.94. The van der Waals surface area contributed by atoms with Crippen molar-refractivity contribution in [3.63, 3.8) is 0 Å². The largest absolute Gasteiger partial charge is 0.344 e. The van der Waals surface area contributed by atoms with E-state index in [1.54, 1.807) is 6.92 Å². The zero-order valence-electron chi connectivity index (χ0n) is 11.9. The third kappa shape index (κ3) is 7.50. The number of hydrogen-bond donors (Lipinski definition) is 0. The molecule has 0 amide bonds. The maximum Gasteiger partial charge on any atom is 0.225 e. The summed E-state index contributed by atoms with van der Waals surface area (Å²) in [5.74, 6) is -1.09. The van der Waals surface area contributed by atoms with Gasteiger partial charge in [-0.3, -0.25) is 4.79 Å². The highest BCUT2D eigenvalue weighted by molar-refractivity contribution is 5.82. The van der Waals surface area contributed by atoms with Gasteiger partial charge in [-0.15, -0.1) is 0 Å². The Morgan fingerprint density at radius 3 is 1.65 bits per heavy atom. The van der Waals surface area contributed by atoms with Gasteiger partial charge in [-0.1, -0.05) is 39.5 Å². The third-order valence-electron chi connectivity index (χ3n) is 2.89. The lowest BCUT2D eigenvalue weighted by molar-refractivity contribution is -0.219. The second-order valence-corrected chi connectivity index (χ2v) is 4.61. The van der Waals surface area contributed by atoms with Crippen molar-refractivity contribution in [1.29, 1.82) is 0 Å². The fraction of sp³-hybridized carbons (Fsp3) is 0.929. The van der Waals surface area contributed by atoms with Crippen LogP contribution in [-0.4, -0.2) is 24.8 Å². The molecule has 0 saturated carbocycles. The molecule has 0 aromatic heterocycles. The normalized spacial score (nSPS) is 11.8. The van der Waals surface area contributed by atoms with Crippen molar-refractivity contribution in [1.82, 2.24) is 0 Å². The molecule has 0 saturated heterocycles. The van der Waals surface area contributed by atoms with Crippen LogP contribution in [0.3, 0.4) is 0 Å². The minimum atomic E-state index is -1.04. The zero-order chi connectivity index (χ0) is 13.1. The summed E-state index contributed by atoms with van der Waals surface area (Å²) in [4.78, 5) is 11.5. The van der Waals surface area contributed by atoms with Gasteiger partial charge in [-0.2, -0.15) is 0 Å². The number of ether oxygens (including phenoxy) is 2. The van der Waals surface area contributed by atoms with Crippen LogP contribution in [0.15, 0.2) is 0 Å². The van der Waals surface area contributed by atoms with Crippen molar-refractivity contribution in [3.05, 3.63) is 0 Å². The van der Waals surface area contributed by atoms with Crippen LogP contribution in [-0.2, 0) is 14.3 Å². The molecule has 0 rings (SSSR count). The number of carbonyl (C=O) groups is 1. The zero-order valence-corrected chi connectivity index (χ0v) is 11.9. The van der Waals surface area contributed by atoms with Crippen LogP contribution in [0.5, 0.6) is 0 Å². The molecule has 0 radical (unpaired) electrons. The molecule has 0 aromatic carbocycles. The lowest BCUT2D eigenvalue weighted by Gasteiger charge is -2.27. The minimum absolute atomic E-state index is 0.0505. The maximum atomic E-state index is 11.5. The van der Waals surface area contributed by atoms with Crippen LogP contribution in [0.1, 0.15) is 66.2 Å². The highest BCUT2D eigenvalue weighted by atomic mass is 16.7. The monoisotopic (exact) mass is 244 g/mol. The summed E-state index contributed by atoms with van der Waals surface area (Å²) in [5.41, 5.74) is 0. The van der Waals surface area contributed by atoms with Crippen LogP contribution in [0.4, 0.5) is 0 Å². The molecule has 0 heterocycles. The van der Waals surface area contributed by atoms with Gasteiger partial charge >= 0.3 is 0 Å². The molecule has 0 spiro atoms. The summed E-state index contributed by atoms with van der Waals surface area (Å²) in [6.45, 7) is 8.74. The molecule has 0 aliphatic carbocycles. The van der Waals surface area contributed by atoms with E-state index in [0.717, 1.165) is 38.5 Å². The van der Waals surface area contributed by atoms with Crippen molar-refractivity contribution in [2.75, 3.05) is 13.2 Å². The lowest BCUT2D eigenvalue weighted by atomic mass is 10.2. The first-order chi connectivity index (χ1) is 8.06. The maximum absolute atomic E-state index is 11.5. The number of rotatable bonds is 11. The third-order valence-corrected chi connectivity index (χ3v) is 2.89. The van der Waals surface area contributed by atoms with Crippen LogP contribution < -0.4 is 0 Å². The van der Waals surface area contributed by atoms with Gasteiger partial charge < -0.3 is 9.47 Å². The molecule has 0 unspecified atom stereocenters. The van der Waals surface area contributed by atoms with E-state index >= 15 is 0 Å². The molecule has 3 nitrogen and oxygen atoms in total. The number of Topliss-reactive ketones (excluding diaryl/α,β-unsaturated/α-hetero) is 1. The van der Waals surface area contributed by atoms with Crippen molar-refractivity contribution >= 4 is 5.78 Å². The highest BCUT2D eigenvalue weighted by Crippen LogP contribution is 2.16. The first-order valence-corrected chi connectivity index (χ1v) is 6.85. The van der Waals surface area contributed by atoms with E-state index in [4.69, 9.17) is 9.47 Å². The van der Waals surface area contributed by atoms with E-state index < -0.39 is 5.79 Å². The average Bonchev–Trinajstić information content (AvgIpc) is 2.30. The molecule has 102 valence electrons. The minimum Gasteiger partial charge on any atom is -0.344 e. The van der Waals surface area contributed by atoms with Gasteiger partial charge in [0.1, 0.15) is 0 Å². The second-order valence-electron chi connectivity index (χ2n) is 4.61. The molecular weight excluding hydrogens is 216 g/mol. The highest BCUT2D eigenvalue weighted by Gasteiger charge is 2.31. The molecule has 17 heavy (non-hydrogen) atoms. The van der Waals surface area contributed by atoms with Gasteiger partial charge in [0, 0.05) is 6.92 Å². The van der Waals surface area contributed by atoms with E-state index in [9.17, 15) is 4.79 Å². The number of carbonyl (C=O) groups excluding carboxylic acids is 1. The van der Waals surface area contributed by atoms with Crippen molar-refractivity contribution in [2.45, 2.75) is 72.0 Å². The smallest absolute Gasteiger partial charge is 0.225 e. The molecular formula is C14H28O3. The number of hydrogen-bond acceptors (Lipinski definition) is 3. The molecule has 0 fully saturated rings. The molecule has 0 N–H and O–H groups in total. The van der Waals surface area contributed by atoms with Gasteiger partial charge in [0.2, 0.25) is 5.79 Å². The van der Waals surface area contributed by atoms with E-state index in [1.165, 1.54) is 6.92 Å². The lowest BCUT2D eigenvalue weighted by Crippen LogP contribution is -2.40. The molecule has 0 aliphatic rings. The molecule has 3 heteroatoms. The second kappa shape index (κ2) is 9.60. The number of ketones is 1. The fourth-order valence-electron chi connectivity index (χ4n) is 1.48. The molecule has 0 aromatic rings.